The first-order valence-electron chi connectivity index (χ1n) is 11.9. The highest BCUT2D eigenvalue weighted by Crippen LogP contribution is 2.45. The van der Waals surface area contributed by atoms with Crippen LogP contribution in [0, 0.1) is 17.8 Å². The molecule has 0 bridgehead atoms. The largest absolute Gasteiger partial charge is 0.493 e. The Kier molecular flexibility index (Phi) is 8.46. The van der Waals surface area contributed by atoms with Crippen molar-refractivity contribution in [3.8, 4) is 11.5 Å². The van der Waals surface area contributed by atoms with E-state index in [0.29, 0.717) is 18.4 Å². The molecule has 2 N–H and O–H groups in total. The maximum Gasteiger partial charge on any atom is 0.407 e. The Labute approximate surface area is 196 Å². The first-order valence-corrected chi connectivity index (χ1v) is 11.9. The van der Waals surface area contributed by atoms with E-state index >= 15 is 0 Å². The lowest BCUT2D eigenvalue weighted by Gasteiger charge is -2.47. The molecule has 8 nitrogen and oxygen atoms in total. The van der Waals surface area contributed by atoms with Crippen LogP contribution in [-0.2, 0) is 16.0 Å². The molecule has 2 heterocycles. The van der Waals surface area contributed by atoms with Crippen LogP contribution < -0.4 is 14.8 Å². The third-order valence-electron chi connectivity index (χ3n) is 6.82. The van der Waals surface area contributed by atoms with Gasteiger partial charge in [-0.05, 0) is 67.2 Å². The third-order valence-corrected chi connectivity index (χ3v) is 6.82. The molecule has 4 atom stereocenters. The van der Waals surface area contributed by atoms with Crippen LogP contribution in [0.3, 0.4) is 0 Å². The number of amides is 1. The predicted molar refractivity (Wildman–Crippen MR) is 125 cm³/mol. The van der Waals surface area contributed by atoms with E-state index in [2.05, 4.69) is 36.2 Å². The van der Waals surface area contributed by atoms with Crippen molar-refractivity contribution in [3.63, 3.8) is 0 Å². The van der Waals surface area contributed by atoms with Crippen molar-refractivity contribution >= 4 is 12.1 Å². The van der Waals surface area contributed by atoms with E-state index in [-0.39, 0.29) is 18.4 Å². The van der Waals surface area contributed by atoms with Crippen molar-refractivity contribution < 1.29 is 28.9 Å². The lowest BCUT2D eigenvalue weighted by Crippen LogP contribution is -2.47. The number of carboxylic acid groups (broad SMARTS) is 1. The molecule has 184 valence electrons. The topological polar surface area (TPSA) is 97.3 Å². The van der Waals surface area contributed by atoms with Gasteiger partial charge in [-0.2, -0.15) is 0 Å². The molecule has 1 aromatic carbocycles. The summed E-state index contributed by atoms with van der Waals surface area (Å²) in [5.41, 5.74) is 2.56. The van der Waals surface area contributed by atoms with E-state index in [1.807, 2.05) is 0 Å². The zero-order chi connectivity index (χ0) is 24.1. The summed E-state index contributed by atoms with van der Waals surface area (Å²) in [5.74, 6) is 1.77. The first-order chi connectivity index (χ1) is 15.7. The summed E-state index contributed by atoms with van der Waals surface area (Å²) < 4.78 is 16.7. The van der Waals surface area contributed by atoms with E-state index < -0.39 is 18.1 Å². The average Bonchev–Trinajstić information content (AvgIpc) is 2.75. The van der Waals surface area contributed by atoms with Crippen LogP contribution in [0.25, 0.3) is 0 Å². The Balaban J connectivity index is 1.74. The second kappa shape index (κ2) is 11.1. The molecule has 0 aliphatic carbocycles. The van der Waals surface area contributed by atoms with E-state index in [4.69, 9.17) is 19.3 Å². The van der Waals surface area contributed by atoms with Gasteiger partial charge in [0.1, 0.15) is 0 Å². The number of aliphatic carboxylic acids is 1. The number of alkyl carbamates (subject to hydrolysis) is 1. The fraction of sp³-hybridized carbons (Fsp3) is 0.680. The standard InChI is InChI=1S/C25H38N2O6/c1-15(2)8-18-13-27-7-6-17-11-22(31-4)23(32-5)12-20(17)21(27)10-19(18)14-33-25(30)26-16(3)9-24(28)29/h11-12,15-16,18-19,21H,6-10,13-14H2,1-5H3,(H,26,30)(H,28,29)/t16?,18-,19+,21-/m1/s1. The normalized spacial score (nSPS) is 23.3. The van der Waals surface area contributed by atoms with Gasteiger partial charge in [0.2, 0.25) is 0 Å². The summed E-state index contributed by atoms with van der Waals surface area (Å²) in [4.78, 5) is 25.7. The SMILES string of the molecule is COc1cc2c(cc1OC)[C@H]1C[C@@H](COC(=O)NC(C)CC(=O)O)[C@H](CC(C)C)CN1CC2. The number of hydrogen-bond donors (Lipinski definition) is 2. The van der Waals surface area contributed by atoms with Crippen LogP contribution in [0.5, 0.6) is 11.5 Å². The Bertz CT molecular complexity index is 842. The minimum atomic E-state index is -0.949. The molecule has 0 aromatic heterocycles. The number of carboxylic acids is 1. The number of nitrogens with zero attached hydrogens (tertiary/aromatic N) is 1. The molecule has 0 saturated carbocycles. The number of nitrogens with one attached hydrogen (secondary N) is 1. The smallest absolute Gasteiger partial charge is 0.407 e. The molecule has 8 heteroatoms. The van der Waals surface area contributed by atoms with Crippen molar-refractivity contribution in [2.24, 2.45) is 17.8 Å². The van der Waals surface area contributed by atoms with Crippen LogP contribution in [0.2, 0.25) is 0 Å². The fourth-order valence-corrected chi connectivity index (χ4v) is 5.32. The van der Waals surface area contributed by atoms with Crippen molar-refractivity contribution in [2.75, 3.05) is 33.9 Å². The summed E-state index contributed by atoms with van der Waals surface area (Å²) in [6, 6.07) is 3.97. The molecule has 2 aliphatic rings. The second-order valence-electron chi connectivity index (χ2n) is 9.79. The zero-order valence-electron chi connectivity index (χ0n) is 20.4. The van der Waals surface area contributed by atoms with Gasteiger partial charge >= 0.3 is 12.1 Å². The summed E-state index contributed by atoms with van der Waals surface area (Å²) >= 11 is 0. The van der Waals surface area contributed by atoms with Gasteiger partial charge in [0.15, 0.2) is 11.5 Å². The van der Waals surface area contributed by atoms with Crippen molar-refractivity contribution in [2.45, 2.75) is 58.5 Å². The molecule has 1 aromatic rings. The van der Waals surface area contributed by atoms with Crippen molar-refractivity contribution in [1.82, 2.24) is 10.2 Å². The van der Waals surface area contributed by atoms with E-state index in [1.165, 1.54) is 11.1 Å². The summed E-state index contributed by atoms with van der Waals surface area (Å²) in [7, 11) is 3.32. The minimum absolute atomic E-state index is 0.131. The van der Waals surface area contributed by atoms with Crippen LogP contribution >= 0.6 is 0 Å². The Morgan fingerprint density at radius 1 is 1.15 bits per heavy atom. The predicted octanol–water partition coefficient (Wildman–Crippen LogP) is 3.87. The van der Waals surface area contributed by atoms with Crippen LogP contribution in [-0.4, -0.2) is 62.0 Å². The van der Waals surface area contributed by atoms with Gasteiger partial charge in [0, 0.05) is 25.2 Å². The molecule has 2 aliphatic heterocycles. The lowest BCUT2D eigenvalue weighted by atomic mass is 9.74. The minimum Gasteiger partial charge on any atom is -0.493 e. The monoisotopic (exact) mass is 462 g/mol. The summed E-state index contributed by atoms with van der Waals surface area (Å²) in [5, 5.41) is 11.5. The van der Waals surface area contributed by atoms with Crippen molar-refractivity contribution in [1.29, 1.82) is 0 Å². The molecule has 3 rings (SSSR count). The first kappa shape index (κ1) is 25.1. The molecule has 0 radical (unpaired) electrons. The molecule has 33 heavy (non-hydrogen) atoms. The van der Waals surface area contributed by atoms with Gasteiger partial charge in [-0.25, -0.2) is 4.79 Å². The number of carbonyl (C=O) groups excluding carboxylic acids is 1. The second-order valence-corrected chi connectivity index (χ2v) is 9.79. The van der Waals surface area contributed by atoms with Gasteiger partial charge in [0.25, 0.3) is 0 Å². The quantitative estimate of drug-likeness (QED) is 0.575. The number of fused-ring (bicyclic) bond motifs is 3. The van der Waals surface area contributed by atoms with Gasteiger partial charge in [0.05, 0.1) is 27.2 Å². The number of rotatable bonds is 9. The van der Waals surface area contributed by atoms with E-state index in [0.717, 1.165) is 43.9 Å². The lowest BCUT2D eigenvalue weighted by molar-refractivity contribution is -0.137. The average molecular weight is 463 g/mol. The highest BCUT2D eigenvalue weighted by atomic mass is 16.5. The van der Waals surface area contributed by atoms with Crippen molar-refractivity contribution in [3.05, 3.63) is 23.3 Å². The van der Waals surface area contributed by atoms with E-state index in [9.17, 15) is 9.59 Å². The molecular formula is C25H38N2O6. The molecule has 1 fully saturated rings. The van der Waals surface area contributed by atoms with Gasteiger partial charge in [-0.3, -0.25) is 9.69 Å². The Morgan fingerprint density at radius 3 is 2.48 bits per heavy atom. The Morgan fingerprint density at radius 2 is 1.85 bits per heavy atom. The van der Waals surface area contributed by atoms with E-state index in [1.54, 1.807) is 21.1 Å². The Hall–Kier alpha value is -2.48. The highest BCUT2D eigenvalue weighted by Gasteiger charge is 2.40. The number of piperidine rings is 1. The molecule has 1 amide bonds. The van der Waals surface area contributed by atoms with Crippen LogP contribution in [0.4, 0.5) is 4.79 Å². The zero-order valence-corrected chi connectivity index (χ0v) is 20.4. The number of ether oxygens (including phenoxy) is 3. The molecule has 1 saturated heterocycles. The molecule has 0 spiro atoms. The molecular weight excluding hydrogens is 424 g/mol. The van der Waals surface area contributed by atoms with Gasteiger partial charge in [-0.1, -0.05) is 13.8 Å². The molecule has 1 unspecified atom stereocenters. The third kappa shape index (κ3) is 6.31. The number of hydrogen-bond acceptors (Lipinski definition) is 6. The fourth-order valence-electron chi connectivity index (χ4n) is 5.32. The maximum atomic E-state index is 12.3. The maximum absolute atomic E-state index is 12.3. The summed E-state index contributed by atoms with van der Waals surface area (Å²) in [6.07, 6.45) is 2.27. The van der Waals surface area contributed by atoms with Gasteiger partial charge < -0.3 is 24.6 Å². The van der Waals surface area contributed by atoms with Crippen LogP contribution in [0.1, 0.15) is 57.2 Å². The number of carbonyl (C=O) groups is 2. The van der Waals surface area contributed by atoms with Gasteiger partial charge in [-0.15, -0.1) is 0 Å². The number of benzene rings is 1. The number of methoxy groups -OCH3 is 2. The summed E-state index contributed by atoms with van der Waals surface area (Å²) in [6.45, 7) is 8.43. The highest BCUT2D eigenvalue weighted by molar-refractivity contribution is 5.71. The van der Waals surface area contributed by atoms with Crippen LogP contribution in [0.15, 0.2) is 12.1 Å².